The van der Waals surface area contributed by atoms with Gasteiger partial charge in [0.25, 0.3) is 5.91 Å². The quantitative estimate of drug-likeness (QED) is 0.889. The Morgan fingerprint density at radius 1 is 1.04 bits per heavy atom. The fraction of sp³-hybridized carbons (Fsp3) is 0.381. The van der Waals surface area contributed by atoms with Crippen LogP contribution in [0.2, 0.25) is 0 Å². The average Bonchev–Trinajstić information content (AvgIpc) is 2.64. The van der Waals surface area contributed by atoms with Gasteiger partial charge in [-0.15, -0.1) is 0 Å². The molecule has 1 fully saturated rings. The van der Waals surface area contributed by atoms with E-state index in [1.807, 2.05) is 0 Å². The lowest BCUT2D eigenvalue weighted by molar-refractivity contribution is 0.0924. The summed E-state index contributed by atoms with van der Waals surface area (Å²) in [7, 11) is 0. The normalized spacial score (nSPS) is 16.4. The van der Waals surface area contributed by atoms with Gasteiger partial charge >= 0.3 is 0 Å². The standard InChI is InChI=1S/C21H25FN2O/c1-16-5-7-17(8-6-16)20(24-13-3-2-4-14-24)15-23-21(25)18-9-11-19(22)12-10-18/h5-12,20H,2-4,13-15H2,1H3,(H,23,25)/t20-/m0/s1. The van der Waals surface area contributed by atoms with Gasteiger partial charge in [0, 0.05) is 12.1 Å². The molecule has 0 unspecified atom stereocenters. The van der Waals surface area contributed by atoms with E-state index in [1.54, 1.807) is 0 Å². The number of benzene rings is 2. The predicted molar refractivity (Wildman–Crippen MR) is 98.1 cm³/mol. The fourth-order valence-electron chi connectivity index (χ4n) is 3.37. The number of piperidine rings is 1. The first-order chi connectivity index (χ1) is 12.1. The van der Waals surface area contributed by atoms with Crippen molar-refractivity contribution < 1.29 is 9.18 Å². The Hall–Kier alpha value is -2.20. The Kier molecular flexibility index (Phi) is 5.82. The van der Waals surface area contributed by atoms with Crippen molar-refractivity contribution in [2.75, 3.05) is 19.6 Å². The molecule has 1 amide bonds. The molecule has 0 aromatic heterocycles. The molecule has 132 valence electrons. The maximum Gasteiger partial charge on any atom is 0.251 e. The van der Waals surface area contributed by atoms with Crippen LogP contribution in [0.3, 0.4) is 0 Å². The first-order valence-corrected chi connectivity index (χ1v) is 8.98. The van der Waals surface area contributed by atoms with Crippen LogP contribution in [0, 0.1) is 12.7 Å². The summed E-state index contributed by atoms with van der Waals surface area (Å²) in [6, 6.07) is 14.4. The van der Waals surface area contributed by atoms with Crippen LogP contribution in [-0.4, -0.2) is 30.4 Å². The third-order valence-corrected chi connectivity index (χ3v) is 4.86. The molecule has 0 aliphatic carbocycles. The van der Waals surface area contributed by atoms with E-state index in [0.29, 0.717) is 12.1 Å². The molecule has 3 nitrogen and oxygen atoms in total. The van der Waals surface area contributed by atoms with Crippen LogP contribution < -0.4 is 5.32 Å². The first-order valence-electron chi connectivity index (χ1n) is 8.98. The Morgan fingerprint density at radius 2 is 1.68 bits per heavy atom. The van der Waals surface area contributed by atoms with Gasteiger partial charge in [0.2, 0.25) is 0 Å². The third kappa shape index (κ3) is 4.67. The highest BCUT2D eigenvalue weighted by atomic mass is 19.1. The van der Waals surface area contributed by atoms with Gasteiger partial charge in [-0.3, -0.25) is 9.69 Å². The molecule has 0 radical (unpaired) electrons. The van der Waals surface area contributed by atoms with Crippen LogP contribution in [0.25, 0.3) is 0 Å². The fourth-order valence-corrected chi connectivity index (χ4v) is 3.37. The maximum absolute atomic E-state index is 13.0. The van der Waals surface area contributed by atoms with E-state index in [4.69, 9.17) is 0 Å². The number of amides is 1. The molecular weight excluding hydrogens is 315 g/mol. The molecule has 0 bridgehead atoms. The molecule has 2 aromatic carbocycles. The minimum absolute atomic E-state index is 0.158. The topological polar surface area (TPSA) is 32.3 Å². The van der Waals surface area contributed by atoms with Gasteiger partial charge in [-0.05, 0) is 62.7 Å². The molecule has 1 heterocycles. The average molecular weight is 340 g/mol. The number of halogens is 1. The Bertz CT molecular complexity index is 691. The lowest BCUT2D eigenvalue weighted by Gasteiger charge is -2.35. The highest BCUT2D eigenvalue weighted by Crippen LogP contribution is 2.24. The van der Waals surface area contributed by atoms with Crippen LogP contribution in [0.5, 0.6) is 0 Å². The third-order valence-electron chi connectivity index (χ3n) is 4.86. The van der Waals surface area contributed by atoms with Crippen molar-refractivity contribution in [1.29, 1.82) is 0 Å². The molecule has 3 rings (SSSR count). The number of nitrogens with one attached hydrogen (secondary N) is 1. The number of nitrogens with zero attached hydrogens (tertiary/aromatic N) is 1. The van der Waals surface area contributed by atoms with Crippen molar-refractivity contribution in [3.8, 4) is 0 Å². The molecule has 1 aliphatic rings. The summed E-state index contributed by atoms with van der Waals surface area (Å²) >= 11 is 0. The van der Waals surface area contributed by atoms with Gasteiger partial charge in [-0.2, -0.15) is 0 Å². The van der Waals surface area contributed by atoms with E-state index in [2.05, 4.69) is 41.4 Å². The minimum atomic E-state index is -0.331. The highest BCUT2D eigenvalue weighted by Gasteiger charge is 2.23. The summed E-state index contributed by atoms with van der Waals surface area (Å²) in [6.45, 7) is 4.76. The summed E-state index contributed by atoms with van der Waals surface area (Å²) in [6.07, 6.45) is 3.68. The Morgan fingerprint density at radius 3 is 2.32 bits per heavy atom. The number of rotatable bonds is 5. The van der Waals surface area contributed by atoms with E-state index in [1.165, 1.54) is 54.7 Å². The van der Waals surface area contributed by atoms with E-state index >= 15 is 0 Å². The van der Waals surface area contributed by atoms with Crippen molar-refractivity contribution in [3.63, 3.8) is 0 Å². The first kappa shape index (κ1) is 17.6. The van der Waals surface area contributed by atoms with Crippen molar-refractivity contribution in [1.82, 2.24) is 10.2 Å². The maximum atomic E-state index is 13.0. The highest BCUT2D eigenvalue weighted by molar-refractivity contribution is 5.94. The molecule has 0 saturated carbocycles. The van der Waals surface area contributed by atoms with E-state index < -0.39 is 0 Å². The van der Waals surface area contributed by atoms with Crippen LogP contribution in [-0.2, 0) is 0 Å². The summed E-state index contributed by atoms with van der Waals surface area (Å²) < 4.78 is 13.0. The zero-order valence-corrected chi connectivity index (χ0v) is 14.7. The predicted octanol–water partition coefficient (Wildman–Crippen LogP) is 4.09. The van der Waals surface area contributed by atoms with Gasteiger partial charge in [-0.1, -0.05) is 36.2 Å². The van der Waals surface area contributed by atoms with E-state index in [-0.39, 0.29) is 17.8 Å². The monoisotopic (exact) mass is 340 g/mol. The number of hydrogen-bond acceptors (Lipinski definition) is 2. The molecule has 1 atom stereocenters. The van der Waals surface area contributed by atoms with Crippen molar-refractivity contribution in [2.24, 2.45) is 0 Å². The van der Waals surface area contributed by atoms with Crippen LogP contribution in [0.4, 0.5) is 4.39 Å². The second kappa shape index (κ2) is 8.26. The van der Waals surface area contributed by atoms with E-state index in [9.17, 15) is 9.18 Å². The largest absolute Gasteiger partial charge is 0.350 e. The van der Waals surface area contributed by atoms with Crippen LogP contribution in [0.1, 0.15) is 46.8 Å². The summed E-state index contributed by atoms with van der Waals surface area (Å²) in [4.78, 5) is 14.8. The lowest BCUT2D eigenvalue weighted by atomic mass is 10.0. The van der Waals surface area contributed by atoms with Gasteiger partial charge in [-0.25, -0.2) is 4.39 Å². The number of likely N-dealkylation sites (tertiary alicyclic amines) is 1. The molecule has 1 aliphatic heterocycles. The summed E-state index contributed by atoms with van der Waals surface area (Å²) in [5.74, 6) is -0.489. The molecule has 2 aromatic rings. The smallest absolute Gasteiger partial charge is 0.251 e. The molecule has 0 spiro atoms. The zero-order chi connectivity index (χ0) is 17.6. The number of aryl methyl sites for hydroxylation is 1. The van der Waals surface area contributed by atoms with Gasteiger partial charge < -0.3 is 5.32 Å². The van der Waals surface area contributed by atoms with E-state index in [0.717, 1.165) is 13.1 Å². The lowest BCUT2D eigenvalue weighted by Crippen LogP contribution is -2.40. The number of hydrogen-bond donors (Lipinski definition) is 1. The SMILES string of the molecule is Cc1ccc([C@H](CNC(=O)c2ccc(F)cc2)N2CCCCC2)cc1. The molecular formula is C21H25FN2O. The molecule has 25 heavy (non-hydrogen) atoms. The molecule has 1 N–H and O–H groups in total. The van der Waals surface area contributed by atoms with Gasteiger partial charge in [0.05, 0.1) is 6.04 Å². The Labute approximate surface area is 148 Å². The zero-order valence-electron chi connectivity index (χ0n) is 14.7. The second-order valence-electron chi connectivity index (χ2n) is 6.74. The molecule has 4 heteroatoms. The number of carbonyl (C=O) groups excluding carboxylic acids is 1. The van der Waals surface area contributed by atoms with Crippen LogP contribution in [0.15, 0.2) is 48.5 Å². The van der Waals surface area contributed by atoms with Gasteiger partial charge in [0.15, 0.2) is 0 Å². The molecule has 1 saturated heterocycles. The minimum Gasteiger partial charge on any atom is -0.350 e. The van der Waals surface area contributed by atoms with Crippen molar-refractivity contribution >= 4 is 5.91 Å². The van der Waals surface area contributed by atoms with Crippen molar-refractivity contribution in [2.45, 2.75) is 32.2 Å². The number of carbonyl (C=O) groups is 1. The Balaban J connectivity index is 1.71. The summed E-state index contributed by atoms with van der Waals surface area (Å²) in [5.41, 5.74) is 2.95. The van der Waals surface area contributed by atoms with Crippen LogP contribution >= 0.6 is 0 Å². The summed E-state index contributed by atoms with van der Waals surface area (Å²) in [5, 5.41) is 3.03. The van der Waals surface area contributed by atoms with Gasteiger partial charge in [0.1, 0.15) is 5.82 Å². The van der Waals surface area contributed by atoms with Crippen molar-refractivity contribution in [3.05, 3.63) is 71.0 Å². The second-order valence-corrected chi connectivity index (χ2v) is 6.74.